The van der Waals surface area contributed by atoms with Crippen molar-refractivity contribution in [3.8, 4) is 0 Å². The highest BCUT2D eigenvalue weighted by Gasteiger charge is 2.39. The molecule has 1 aliphatic rings. The Morgan fingerprint density at radius 1 is 1.60 bits per heavy atom. The smallest absolute Gasteiger partial charge is 0.451 e. The van der Waals surface area contributed by atoms with E-state index in [0.717, 1.165) is 0 Å². The van der Waals surface area contributed by atoms with Gasteiger partial charge in [0.1, 0.15) is 5.54 Å². The minimum Gasteiger partial charge on any atom is -0.480 e. The van der Waals surface area contributed by atoms with Gasteiger partial charge in [0.15, 0.2) is 0 Å². The number of nitrogens with two attached hydrogens (primary N) is 1. The van der Waals surface area contributed by atoms with Crippen LogP contribution in [0, 0.1) is 5.92 Å². The lowest BCUT2D eigenvalue weighted by Gasteiger charge is -2.35. The molecule has 0 unspecified atom stereocenters. The molecule has 0 aromatic rings. The van der Waals surface area contributed by atoms with Gasteiger partial charge in [0, 0.05) is 6.54 Å². The molecule has 0 aromatic heterocycles. The molecule has 0 bridgehead atoms. The molecule has 2 atom stereocenters. The molecule has 0 aliphatic carbocycles. The maximum Gasteiger partial charge on any atom is 0.451 e. The van der Waals surface area contributed by atoms with Crippen LogP contribution in [-0.2, 0) is 4.79 Å². The topological polar surface area (TPSA) is 116 Å². The normalized spacial score (nSPS) is 31.3. The Morgan fingerprint density at radius 2 is 2.27 bits per heavy atom. The van der Waals surface area contributed by atoms with Crippen molar-refractivity contribution in [1.82, 2.24) is 5.32 Å². The Kier molecular flexibility index (Phi) is 4.09. The average Bonchev–Trinajstić information content (AvgIpc) is 2.15. The van der Waals surface area contributed by atoms with E-state index < -0.39 is 18.6 Å². The summed E-state index contributed by atoms with van der Waals surface area (Å²) in [6.45, 7) is 0.944. The predicted molar refractivity (Wildman–Crippen MR) is 55.1 cm³/mol. The molecule has 7 heteroatoms. The molecule has 1 fully saturated rings. The molecule has 6 N–H and O–H groups in total. The van der Waals surface area contributed by atoms with E-state index in [4.69, 9.17) is 20.9 Å². The van der Waals surface area contributed by atoms with Crippen LogP contribution in [0.1, 0.15) is 12.8 Å². The van der Waals surface area contributed by atoms with Crippen LogP contribution in [0.2, 0.25) is 6.32 Å². The number of rotatable bonds is 4. The fraction of sp³-hybridized carbons (Fsp3) is 0.875. The molecule has 1 heterocycles. The maximum absolute atomic E-state index is 10.9. The van der Waals surface area contributed by atoms with Crippen molar-refractivity contribution in [2.24, 2.45) is 11.7 Å². The monoisotopic (exact) mass is 216 g/mol. The molecule has 1 saturated heterocycles. The predicted octanol–water partition coefficient (Wildman–Crippen LogP) is -1.76. The molecule has 0 spiro atoms. The summed E-state index contributed by atoms with van der Waals surface area (Å²) < 4.78 is 0. The molecule has 1 rings (SSSR count). The van der Waals surface area contributed by atoms with Crippen molar-refractivity contribution in [2.45, 2.75) is 24.7 Å². The number of carboxylic acid groups (broad SMARTS) is 1. The standard InChI is InChI=1S/C8H17BN2O4/c10-8(7(12)13)3-6(4-11-5-8)1-2-9(14)15/h6,11,14-15H,1-5,10H2,(H,12,13)/t6-,8-/m0/s1. The molecule has 0 aromatic carbocycles. The Balaban J connectivity index is 2.45. The third-order valence-corrected chi connectivity index (χ3v) is 2.79. The van der Waals surface area contributed by atoms with Crippen LogP contribution in [0.4, 0.5) is 0 Å². The molecule has 15 heavy (non-hydrogen) atoms. The van der Waals surface area contributed by atoms with Crippen molar-refractivity contribution >= 4 is 13.1 Å². The van der Waals surface area contributed by atoms with E-state index in [1.54, 1.807) is 0 Å². The number of piperidine rings is 1. The first-order valence-electron chi connectivity index (χ1n) is 5.03. The van der Waals surface area contributed by atoms with Crippen LogP contribution in [0.3, 0.4) is 0 Å². The Hall–Kier alpha value is -0.625. The molecule has 0 saturated carbocycles. The van der Waals surface area contributed by atoms with Gasteiger partial charge in [-0.3, -0.25) is 4.79 Å². The first-order valence-corrected chi connectivity index (χ1v) is 5.03. The number of aliphatic carboxylic acids is 1. The van der Waals surface area contributed by atoms with Gasteiger partial charge in [-0.1, -0.05) is 6.42 Å². The molecule has 1 aliphatic heterocycles. The van der Waals surface area contributed by atoms with Gasteiger partial charge in [0.2, 0.25) is 0 Å². The number of hydrogen-bond donors (Lipinski definition) is 5. The van der Waals surface area contributed by atoms with E-state index in [0.29, 0.717) is 19.4 Å². The first-order chi connectivity index (χ1) is 6.94. The van der Waals surface area contributed by atoms with E-state index in [1.807, 2.05) is 0 Å². The van der Waals surface area contributed by atoms with E-state index >= 15 is 0 Å². The highest BCUT2D eigenvalue weighted by Crippen LogP contribution is 2.23. The zero-order chi connectivity index (χ0) is 11.5. The Morgan fingerprint density at radius 3 is 2.80 bits per heavy atom. The van der Waals surface area contributed by atoms with Crippen molar-refractivity contribution in [2.75, 3.05) is 13.1 Å². The average molecular weight is 216 g/mol. The van der Waals surface area contributed by atoms with Crippen LogP contribution >= 0.6 is 0 Å². The minimum atomic E-state index is -1.33. The third-order valence-electron chi connectivity index (χ3n) is 2.79. The van der Waals surface area contributed by atoms with Gasteiger partial charge in [0.05, 0.1) is 0 Å². The zero-order valence-corrected chi connectivity index (χ0v) is 8.52. The minimum absolute atomic E-state index is 0.0849. The maximum atomic E-state index is 10.9. The van der Waals surface area contributed by atoms with Gasteiger partial charge in [-0.2, -0.15) is 0 Å². The number of nitrogens with one attached hydrogen (secondary N) is 1. The van der Waals surface area contributed by atoms with Crippen LogP contribution < -0.4 is 11.1 Å². The van der Waals surface area contributed by atoms with Crippen LogP contribution in [0.25, 0.3) is 0 Å². The second-order valence-electron chi connectivity index (χ2n) is 4.22. The van der Waals surface area contributed by atoms with Crippen LogP contribution in [-0.4, -0.2) is 46.9 Å². The molecule has 86 valence electrons. The van der Waals surface area contributed by atoms with Crippen molar-refractivity contribution in [3.63, 3.8) is 0 Å². The summed E-state index contributed by atoms with van der Waals surface area (Å²) in [5.74, 6) is -0.925. The van der Waals surface area contributed by atoms with Gasteiger partial charge in [-0.05, 0) is 25.2 Å². The highest BCUT2D eigenvalue weighted by molar-refractivity contribution is 6.40. The summed E-state index contributed by atoms with van der Waals surface area (Å²) >= 11 is 0. The van der Waals surface area contributed by atoms with Crippen molar-refractivity contribution in [1.29, 1.82) is 0 Å². The Bertz CT molecular complexity index is 239. The summed E-state index contributed by atoms with van der Waals surface area (Å²) in [7, 11) is -1.33. The largest absolute Gasteiger partial charge is 0.480 e. The molecule has 6 nitrogen and oxygen atoms in total. The third kappa shape index (κ3) is 3.46. The van der Waals surface area contributed by atoms with Gasteiger partial charge in [-0.15, -0.1) is 0 Å². The quantitative estimate of drug-likeness (QED) is 0.355. The molecule has 0 amide bonds. The SMILES string of the molecule is N[C@]1(C(=O)O)CNC[C@@H](CCB(O)O)C1. The summed E-state index contributed by atoms with van der Waals surface area (Å²) in [4.78, 5) is 10.9. The molecule has 0 radical (unpaired) electrons. The summed E-state index contributed by atoms with van der Waals surface area (Å²) in [6, 6.07) is 0. The van der Waals surface area contributed by atoms with E-state index in [-0.39, 0.29) is 18.8 Å². The fourth-order valence-electron chi connectivity index (χ4n) is 1.91. The van der Waals surface area contributed by atoms with Gasteiger partial charge >= 0.3 is 13.1 Å². The lowest BCUT2D eigenvalue weighted by Crippen LogP contribution is -2.60. The second kappa shape index (κ2) is 4.93. The summed E-state index contributed by atoms with van der Waals surface area (Å²) in [5, 5.41) is 29.3. The van der Waals surface area contributed by atoms with Crippen LogP contribution in [0.5, 0.6) is 0 Å². The van der Waals surface area contributed by atoms with E-state index in [2.05, 4.69) is 5.32 Å². The fourth-order valence-corrected chi connectivity index (χ4v) is 1.91. The van der Waals surface area contributed by atoms with E-state index in [9.17, 15) is 4.79 Å². The van der Waals surface area contributed by atoms with Crippen LogP contribution in [0.15, 0.2) is 0 Å². The van der Waals surface area contributed by atoms with Crippen molar-refractivity contribution < 1.29 is 19.9 Å². The second-order valence-corrected chi connectivity index (χ2v) is 4.22. The summed E-state index contributed by atoms with van der Waals surface area (Å²) in [6.07, 6.45) is 1.20. The van der Waals surface area contributed by atoms with Gasteiger partial charge in [-0.25, -0.2) is 0 Å². The van der Waals surface area contributed by atoms with Gasteiger partial charge < -0.3 is 26.2 Å². The molecular weight excluding hydrogens is 199 g/mol. The highest BCUT2D eigenvalue weighted by atomic mass is 16.4. The first kappa shape index (κ1) is 12.4. The number of carboxylic acids is 1. The number of carbonyl (C=O) groups is 1. The van der Waals surface area contributed by atoms with E-state index in [1.165, 1.54) is 0 Å². The lowest BCUT2D eigenvalue weighted by molar-refractivity contribution is -0.144. The Labute approximate surface area is 88.6 Å². The van der Waals surface area contributed by atoms with Crippen molar-refractivity contribution in [3.05, 3.63) is 0 Å². The van der Waals surface area contributed by atoms with Gasteiger partial charge in [0.25, 0.3) is 0 Å². The number of hydrogen-bond acceptors (Lipinski definition) is 5. The summed E-state index contributed by atoms with van der Waals surface area (Å²) in [5.41, 5.74) is 4.49. The zero-order valence-electron chi connectivity index (χ0n) is 8.52. The molecular formula is C8H17BN2O4. The lowest BCUT2D eigenvalue weighted by atomic mass is 9.76.